The Labute approximate surface area is 194 Å². The van der Waals surface area contributed by atoms with Crippen LogP contribution in [-0.4, -0.2) is 55.2 Å². The van der Waals surface area contributed by atoms with Gasteiger partial charge < -0.3 is 15.0 Å². The lowest BCUT2D eigenvalue weighted by Gasteiger charge is -2.19. The van der Waals surface area contributed by atoms with Crippen LogP contribution in [0.3, 0.4) is 0 Å². The number of methoxy groups -OCH3 is 1. The third-order valence-corrected chi connectivity index (χ3v) is 7.93. The van der Waals surface area contributed by atoms with Crippen LogP contribution in [0.2, 0.25) is 0 Å². The van der Waals surface area contributed by atoms with Gasteiger partial charge >= 0.3 is 0 Å². The number of benzene rings is 1. The van der Waals surface area contributed by atoms with Crippen LogP contribution in [0.25, 0.3) is 0 Å². The van der Waals surface area contributed by atoms with Crippen molar-refractivity contribution in [3.63, 3.8) is 0 Å². The summed E-state index contributed by atoms with van der Waals surface area (Å²) in [7, 11) is -1.58. The third kappa shape index (κ3) is 4.75. The summed E-state index contributed by atoms with van der Waals surface area (Å²) >= 11 is 0. The minimum Gasteiger partial charge on any atom is -0.495 e. The molecule has 3 heterocycles. The van der Waals surface area contributed by atoms with E-state index in [1.54, 1.807) is 34.9 Å². The number of sulfone groups is 1. The van der Waals surface area contributed by atoms with E-state index >= 15 is 0 Å². The zero-order valence-corrected chi connectivity index (χ0v) is 20.2. The summed E-state index contributed by atoms with van der Waals surface area (Å²) in [4.78, 5) is 27.4. The standard InChI is InChI=1S/C23H30N4O5S/c1-23(2,3)19-12-20(27(25-19)16-9-10-33(30,31)14-16)24-22(29)15-11-21(28)26(13-15)17-7-5-6-8-18(17)32-4/h5-8,12,15-16H,9-11,13-14H2,1-4H3,(H,24,29)/t15-,16-/m1/s1. The largest absolute Gasteiger partial charge is 0.495 e. The van der Waals surface area contributed by atoms with E-state index < -0.39 is 15.8 Å². The summed E-state index contributed by atoms with van der Waals surface area (Å²) in [5, 5.41) is 7.58. The molecule has 0 spiro atoms. The first kappa shape index (κ1) is 23.3. The molecule has 2 aliphatic rings. The summed E-state index contributed by atoms with van der Waals surface area (Å²) in [6.07, 6.45) is 0.544. The van der Waals surface area contributed by atoms with E-state index in [4.69, 9.17) is 4.74 Å². The van der Waals surface area contributed by atoms with E-state index in [9.17, 15) is 18.0 Å². The Morgan fingerprint density at radius 1 is 1.24 bits per heavy atom. The van der Waals surface area contributed by atoms with Crippen molar-refractivity contribution < 1.29 is 22.7 Å². The van der Waals surface area contributed by atoms with Crippen molar-refractivity contribution in [2.45, 2.75) is 45.1 Å². The average Bonchev–Trinajstić information content (AvgIpc) is 3.44. The number of nitrogens with zero attached hydrogens (tertiary/aromatic N) is 3. The molecule has 2 aromatic rings. The Morgan fingerprint density at radius 2 is 1.97 bits per heavy atom. The van der Waals surface area contributed by atoms with E-state index in [1.807, 2.05) is 32.9 Å². The number of rotatable bonds is 5. The first-order chi connectivity index (χ1) is 15.5. The zero-order valence-electron chi connectivity index (χ0n) is 19.4. The zero-order chi connectivity index (χ0) is 24.0. The Morgan fingerprint density at radius 3 is 2.61 bits per heavy atom. The fourth-order valence-electron chi connectivity index (χ4n) is 4.30. The monoisotopic (exact) mass is 474 g/mol. The molecule has 2 aliphatic heterocycles. The van der Waals surface area contributed by atoms with Crippen molar-refractivity contribution in [1.82, 2.24) is 9.78 Å². The fourth-order valence-corrected chi connectivity index (χ4v) is 5.99. The summed E-state index contributed by atoms with van der Waals surface area (Å²) in [5.74, 6) is 0.174. The van der Waals surface area contributed by atoms with Gasteiger partial charge in [0.25, 0.3) is 0 Å². The summed E-state index contributed by atoms with van der Waals surface area (Å²) in [6.45, 7) is 6.27. The van der Waals surface area contributed by atoms with Crippen LogP contribution in [0, 0.1) is 5.92 Å². The van der Waals surface area contributed by atoms with Crippen molar-refractivity contribution in [1.29, 1.82) is 0 Å². The molecule has 178 valence electrons. The third-order valence-electron chi connectivity index (χ3n) is 6.18. The average molecular weight is 475 g/mol. The maximum absolute atomic E-state index is 13.2. The van der Waals surface area contributed by atoms with Gasteiger partial charge in [-0.3, -0.25) is 9.59 Å². The van der Waals surface area contributed by atoms with Crippen LogP contribution in [0.15, 0.2) is 30.3 Å². The van der Waals surface area contributed by atoms with Crippen LogP contribution in [0.5, 0.6) is 5.75 Å². The first-order valence-electron chi connectivity index (χ1n) is 11.0. The van der Waals surface area contributed by atoms with Crippen molar-refractivity contribution in [2.24, 2.45) is 5.92 Å². The van der Waals surface area contributed by atoms with Gasteiger partial charge in [0.2, 0.25) is 11.8 Å². The Bertz CT molecular complexity index is 1180. The number of hydrogen-bond acceptors (Lipinski definition) is 6. The molecule has 4 rings (SSSR count). The predicted octanol–water partition coefficient (Wildman–Crippen LogP) is 2.54. The Hall–Kier alpha value is -2.88. The topological polar surface area (TPSA) is 111 Å². The van der Waals surface area contributed by atoms with Crippen molar-refractivity contribution in [3.05, 3.63) is 36.0 Å². The van der Waals surface area contributed by atoms with Crippen LogP contribution in [-0.2, 0) is 24.8 Å². The molecule has 0 radical (unpaired) electrons. The lowest BCUT2D eigenvalue weighted by Crippen LogP contribution is -2.29. The number of nitrogens with one attached hydrogen (secondary N) is 1. The second-order valence-corrected chi connectivity index (χ2v) is 12.0. The van der Waals surface area contributed by atoms with Gasteiger partial charge in [-0.25, -0.2) is 13.1 Å². The van der Waals surface area contributed by atoms with Crippen LogP contribution >= 0.6 is 0 Å². The van der Waals surface area contributed by atoms with Gasteiger partial charge in [-0.2, -0.15) is 5.10 Å². The van der Waals surface area contributed by atoms with E-state index in [0.717, 1.165) is 5.69 Å². The highest BCUT2D eigenvalue weighted by Gasteiger charge is 2.38. The molecule has 1 N–H and O–H groups in total. The smallest absolute Gasteiger partial charge is 0.230 e. The van der Waals surface area contributed by atoms with Crippen molar-refractivity contribution in [3.8, 4) is 5.75 Å². The van der Waals surface area contributed by atoms with Crippen LogP contribution in [0.4, 0.5) is 11.5 Å². The number of hydrogen-bond donors (Lipinski definition) is 1. The molecule has 33 heavy (non-hydrogen) atoms. The molecule has 0 bridgehead atoms. The number of anilines is 2. The van der Waals surface area contributed by atoms with Crippen LogP contribution in [0.1, 0.15) is 45.3 Å². The van der Waals surface area contributed by atoms with Crippen molar-refractivity contribution >= 4 is 33.2 Å². The molecule has 0 aliphatic carbocycles. The van der Waals surface area contributed by atoms with Gasteiger partial charge in [-0.15, -0.1) is 0 Å². The second-order valence-electron chi connectivity index (χ2n) is 9.73. The molecule has 9 nitrogen and oxygen atoms in total. The van der Waals surface area contributed by atoms with E-state index in [0.29, 0.717) is 23.7 Å². The minimum absolute atomic E-state index is 0.00459. The molecule has 1 aromatic heterocycles. The van der Waals surface area contributed by atoms with Gasteiger partial charge in [0.15, 0.2) is 9.84 Å². The van der Waals surface area contributed by atoms with Gasteiger partial charge in [0.1, 0.15) is 11.6 Å². The molecule has 0 saturated carbocycles. The summed E-state index contributed by atoms with van der Waals surface area (Å²) in [6, 6.07) is 8.69. The van der Waals surface area contributed by atoms with Gasteiger partial charge in [0.05, 0.1) is 42.0 Å². The second kappa shape index (κ2) is 8.48. The lowest BCUT2D eigenvalue weighted by molar-refractivity contribution is -0.122. The van der Waals surface area contributed by atoms with Crippen LogP contribution < -0.4 is 15.0 Å². The predicted molar refractivity (Wildman–Crippen MR) is 125 cm³/mol. The Kier molecular flexibility index (Phi) is 5.98. The van der Waals surface area contributed by atoms with E-state index in [-0.39, 0.29) is 47.7 Å². The lowest BCUT2D eigenvalue weighted by atomic mass is 9.92. The molecular formula is C23H30N4O5S. The fraction of sp³-hybridized carbons (Fsp3) is 0.522. The highest BCUT2D eigenvalue weighted by Crippen LogP contribution is 2.34. The maximum Gasteiger partial charge on any atom is 0.230 e. The number of amides is 2. The molecule has 0 unspecified atom stereocenters. The van der Waals surface area contributed by atoms with Gasteiger partial charge in [-0.05, 0) is 18.6 Å². The highest BCUT2D eigenvalue weighted by molar-refractivity contribution is 7.91. The van der Waals surface area contributed by atoms with Gasteiger partial charge in [0, 0.05) is 24.4 Å². The van der Waals surface area contributed by atoms with Gasteiger partial charge in [-0.1, -0.05) is 32.9 Å². The number of ether oxygens (including phenoxy) is 1. The molecule has 2 atom stereocenters. The maximum atomic E-state index is 13.2. The molecule has 1 aromatic carbocycles. The molecule has 10 heteroatoms. The van der Waals surface area contributed by atoms with E-state index in [2.05, 4.69) is 10.4 Å². The SMILES string of the molecule is COc1ccccc1N1C[C@H](C(=O)Nc2cc(C(C)(C)C)nn2[C@@H]2CCS(=O)(=O)C2)CC1=O. The summed E-state index contributed by atoms with van der Waals surface area (Å²) < 4.78 is 31.1. The highest BCUT2D eigenvalue weighted by atomic mass is 32.2. The number of para-hydroxylation sites is 2. The number of carbonyl (C=O) groups is 2. The molecular weight excluding hydrogens is 444 g/mol. The molecule has 2 amide bonds. The number of aromatic nitrogens is 2. The Balaban J connectivity index is 1.56. The minimum atomic E-state index is -3.12. The van der Waals surface area contributed by atoms with E-state index in [1.165, 1.54) is 0 Å². The molecule has 2 saturated heterocycles. The molecule has 2 fully saturated rings. The normalized spacial score (nSPS) is 22.5. The summed E-state index contributed by atoms with van der Waals surface area (Å²) in [5.41, 5.74) is 1.13. The quantitative estimate of drug-likeness (QED) is 0.713. The first-order valence-corrected chi connectivity index (χ1v) is 12.9. The number of carbonyl (C=O) groups excluding carboxylic acids is 2. The van der Waals surface area contributed by atoms with Crippen molar-refractivity contribution in [2.75, 3.05) is 35.4 Å².